The third-order valence-electron chi connectivity index (χ3n) is 5.78. The van der Waals surface area contributed by atoms with Gasteiger partial charge in [0.1, 0.15) is 11.9 Å². The monoisotopic (exact) mass is 352 g/mol. The molecule has 1 N–H and O–H groups in total. The highest BCUT2D eigenvalue weighted by Crippen LogP contribution is 2.59. The topological polar surface area (TPSA) is 41.6 Å². The number of ether oxygens (including phenoxy) is 1. The Kier molecular flexibility index (Phi) is 4.27. The number of hydrogen-bond donors (Lipinski definition) is 1. The van der Waals surface area contributed by atoms with Gasteiger partial charge >= 0.3 is 0 Å². The van der Waals surface area contributed by atoms with Gasteiger partial charge in [-0.25, -0.2) is 4.39 Å². The van der Waals surface area contributed by atoms with Crippen LogP contribution >= 0.6 is 11.6 Å². The minimum absolute atomic E-state index is 0.0930. The molecule has 4 nitrogen and oxygen atoms in total. The van der Waals surface area contributed by atoms with E-state index in [-0.39, 0.29) is 28.4 Å². The van der Waals surface area contributed by atoms with Gasteiger partial charge in [-0.05, 0) is 55.5 Å². The molecular weight excluding hydrogens is 331 g/mol. The van der Waals surface area contributed by atoms with Gasteiger partial charge in [0.05, 0.1) is 18.2 Å². The van der Waals surface area contributed by atoms with Crippen LogP contribution in [0.1, 0.15) is 30.9 Å². The maximum atomic E-state index is 13.3. The number of nitrogens with one attached hydrogen (secondary N) is 1. The van der Waals surface area contributed by atoms with Crippen LogP contribution in [0.3, 0.4) is 0 Å². The maximum Gasteiger partial charge on any atom is 0.226 e. The van der Waals surface area contributed by atoms with Crippen molar-refractivity contribution in [1.82, 2.24) is 10.2 Å². The fourth-order valence-corrected chi connectivity index (χ4v) is 4.35. The highest BCUT2D eigenvalue weighted by atomic mass is 35.5. The molecule has 0 bridgehead atoms. The van der Waals surface area contributed by atoms with Crippen molar-refractivity contribution < 1.29 is 13.9 Å². The summed E-state index contributed by atoms with van der Waals surface area (Å²) in [6.45, 7) is 3.70. The summed E-state index contributed by atoms with van der Waals surface area (Å²) < 4.78 is 19.1. The zero-order valence-electron chi connectivity index (χ0n) is 13.6. The van der Waals surface area contributed by atoms with E-state index < -0.39 is 5.82 Å². The molecule has 1 saturated carbocycles. The Bertz CT molecular complexity index is 648. The van der Waals surface area contributed by atoms with Crippen LogP contribution in [0.5, 0.6) is 0 Å². The van der Waals surface area contributed by atoms with E-state index in [1.165, 1.54) is 6.07 Å². The average molecular weight is 353 g/mol. The number of halogens is 2. The molecule has 4 rings (SSSR count). The summed E-state index contributed by atoms with van der Waals surface area (Å²) in [5.74, 6) is 0.00329. The normalized spacial score (nSPS) is 28.8. The van der Waals surface area contributed by atoms with Crippen molar-refractivity contribution >= 4 is 17.5 Å². The molecule has 1 aliphatic carbocycles. The fraction of sp³-hybridized carbons (Fsp3) is 0.611. The van der Waals surface area contributed by atoms with Crippen molar-refractivity contribution in [2.24, 2.45) is 11.3 Å². The van der Waals surface area contributed by atoms with Gasteiger partial charge in [-0.2, -0.15) is 0 Å². The zero-order valence-corrected chi connectivity index (χ0v) is 14.3. The van der Waals surface area contributed by atoms with E-state index in [0.29, 0.717) is 19.7 Å². The first-order chi connectivity index (χ1) is 11.6. The van der Waals surface area contributed by atoms with Crippen LogP contribution in [0, 0.1) is 17.2 Å². The number of morpholine rings is 1. The van der Waals surface area contributed by atoms with Crippen LogP contribution in [0.15, 0.2) is 18.2 Å². The number of benzene rings is 1. The van der Waals surface area contributed by atoms with Gasteiger partial charge in [0, 0.05) is 12.5 Å². The summed E-state index contributed by atoms with van der Waals surface area (Å²) in [6, 6.07) is 4.64. The Morgan fingerprint density at radius 2 is 2.17 bits per heavy atom. The fourth-order valence-electron chi connectivity index (χ4n) is 4.16. The number of hydrogen-bond acceptors (Lipinski definition) is 3. The van der Waals surface area contributed by atoms with E-state index in [0.717, 1.165) is 37.9 Å². The molecule has 2 saturated heterocycles. The molecule has 1 aromatic carbocycles. The van der Waals surface area contributed by atoms with Crippen LogP contribution in [0.4, 0.5) is 4.39 Å². The molecule has 24 heavy (non-hydrogen) atoms. The van der Waals surface area contributed by atoms with Gasteiger partial charge in [-0.15, -0.1) is 0 Å². The van der Waals surface area contributed by atoms with Gasteiger partial charge in [-0.3, -0.25) is 4.79 Å². The van der Waals surface area contributed by atoms with E-state index in [4.69, 9.17) is 16.3 Å². The number of carbonyl (C=O) groups excluding carboxylic acids is 1. The van der Waals surface area contributed by atoms with Gasteiger partial charge in [0.2, 0.25) is 5.91 Å². The minimum Gasteiger partial charge on any atom is -0.370 e. The second kappa shape index (κ2) is 6.28. The Hall–Kier alpha value is -1.17. The molecule has 0 radical (unpaired) electrons. The number of amides is 1. The Morgan fingerprint density at radius 3 is 2.92 bits per heavy atom. The molecule has 1 spiro atoms. The minimum atomic E-state index is -0.435. The summed E-state index contributed by atoms with van der Waals surface area (Å²) in [7, 11) is 0. The molecular formula is C18H22ClFN2O2. The van der Waals surface area contributed by atoms with E-state index >= 15 is 0 Å². The Balaban J connectivity index is 1.43. The second-order valence-electron chi connectivity index (χ2n) is 7.19. The lowest BCUT2D eigenvalue weighted by molar-refractivity contribution is -0.141. The van der Waals surface area contributed by atoms with E-state index in [1.807, 2.05) is 4.90 Å². The average Bonchev–Trinajstić information content (AvgIpc) is 3.30. The van der Waals surface area contributed by atoms with Crippen LogP contribution in [0.25, 0.3) is 0 Å². The van der Waals surface area contributed by atoms with Crippen molar-refractivity contribution in [1.29, 1.82) is 0 Å². The lowest BCUT2D eigenvalue weighted by Gasteiger charge is -2.34. The smallest absolute Gasteiger partial charge is 0.226 e. The largest absolute Gasteiger partial charge is 0.370 e. The molecule has 2 atom stereocenters. The second-order valence-corrected chi connectivity index (χ2v) is 7.59. The summed E-state index contributed by atoms with van der Waals surface area (Å²) in [5.41, 5.74) is 1.07. The van der Waals surface area contributed by atoms with Crippen LogP contribution in [-0.2, 0) is 9.53 Å². The number of carbonyl (C=O) groups is 1. The van der Waals surface area contributed by atoms with Gasteiger partial charge in [0.25, 0.3) is 0 Å². The predicted octanol–water partition coefficient (Wildman–Crippen LogP) is 2.77. The Morgan fingerprint density at radius 1 is 1.38 bits per heavy atom. The molecule has 2 aliphatic heterocycles. The highest BCUT2D eigenvalue weighted by molar-refractivity contribution is 6.30. The third-order valence-corrected chi connectivity index (χ3v) is 6.07. The van der Waals surface area contributed by atoms with Gasteiger partial charge < -0.3 is 15.0 Å². The van der Waals surface area contributed by atoms with E-state index in [1.54, 1.807) is 12.1 Å². The summed E-state index contributed by atoms with van der Waals surface area (Å²) in [6.07, 6.45) is 3.00. The maximum absolute atomic E-state index is 13.3. The summed E-state index contributed by atoms with van der Waals surface area (Å²) >= 11 is 5.87. The first-order valence-electron chi connectivity index (χ1n) is 8.65. The van der Waals surface area contributed by atoms with Crippen molar-refractivity contribution in [2.45, 2.75) is 25.4 Å². The molecule has 1 aromatic rings. The van der Waals surface area contributed by atoms with Crippen molar-refractivity contribution in [3.63, 3.8) is 0 Å². The Labute approximate surface area is 146 Å². The lowest BCUT2D eigenvalue weighted by Crippen LogP contribution is -2.44. The summed E-state index contributed by atoms with van der Waals surface area (Å²) in [5, 5.41) is 3.46. The van der Waals surface area contributed by atoms with E-state index in [9.17, 15) is 9.18 Å². The molecule has 0 aromatic heterocycles. The third kappa shape index (κ3) is 2.93. The predicted molar refractivity (Wildman–Crippen MR) is 89.3 cm³/mol. The van der Waals surface area contributed by atoms with Crippen LogP contribution in [-0.4, -0.2) is 43.6 Å². The first kappa shape index (κ1) is 16.3. The van der Waals surface area contributed by atoms with Crippen molar-refractivity contribution in [2.75, 3.05) is 32.8 Å². The highest BCUT2D eigenvalue weighted by Gasteiger charge is 2.58. The van der Waals surface area contributed by atoms with Gasteiger partial charge in [0.15, 0.2) is 0 Å². The summed E-state index contributed by atoms with van der Waals surface area (Å²) in [4.78, 5) is 14.8. The van der Waals surface area contributed by atoms with Gasteiger partial charge in [-0.1, -0.05) is 17.7 Å². The molecule has 1 amide bonds. The first-order valence-corrected chi connectivity index (χ1v) is 9.03. The molecule has 130 valence electrons. The van der Waals surface area contributed by atoms with Crippen molar-refractivity contribution in [3.8, 4) is 0 Å². The number of rotatable bonds is 2. The van der Waals surface area contributed by atoms with Crippen LogP contribution < -0.4 is 5.32 Å². The number of nitrogens with zero attached hydrogens (tertiary/aromatic N) is 1. The standard InChI is InChI=1S/C18H22ClFN2O2/c19-14-9-12(1-2-15(14)20)16-11-22(7-8-24-16)17(23)13-10-18(13)3-5-21-6-4-18/h1-2,9,13,16,21H,3-8,10-11H2. The molecule has 6 heteroatoms. The van der Waals surface area contributed by atoms with Crippen molar-refractivity contribution in [3.05, 3.63) is 34.6 Å². The molecule has 3 aliphatic rings. The molecule has 3 fully saturated rings. The quantitative estimate of drug-likeness (QED) is 0.890. The molecule has 2 unspecified atom stereocenters. The molecule has 2 heterocycles. The lowest BCUT2D eigenvalue weighted by atomic mass is 9.91. The SMILES string of the molecule is O=C(C1CC12CCNCC2)N1CCOC(c2ccc(F)c(Cl)c2)C1. The zero-order chi connectivity index (χ0) is 16.7. The number of piperidine rings is 1. The van der Waals surface area contributed by atoms with E-state index in [2.05, 4.69) is 5.32 Å². The van der Waals surface area contributed by atoms with Crippen LogP contribution in [0.2, 0.25) is 5.02 Å².